The fraction of sp³-hybridized carbons (Fsp3) is 0.545. The van der Waals surface area contributed by atoms with Crippen LogP contribution in [0.2, 0.25) is 0 Å². The first-order chi connectivity index (χ1) is 13.5. The fourth-order valence-electron chi connectivity index (χ4n) is 4.99. The molecule has 150 valence electrons. The van der Waals surface area contributed by atoms with Crippen molar-refractivity contribution < 1.29 is 14.5 Å². The first kappa shape index (κ1) is 19.0. The number of para-hydroxylation sites is 1. The van der Waals surface area contributed by atoms with Crippen LogP contribution in [0.4, 0.5) is 0 Å². The van der Waals surface area contributed by atoms with Crippen molar-refractivity contribution in [3.8, 4) is 0 Å². The van der Waals surface area contributed by atoms with Gasteiger partial charge in [-0.25, -0.2) is 0 Å². The number of amides is 2. The monoisotopic (exact) mass is 383 g/mol. The molecule has 1 atom stereocenters. The summed E-state index contributed by atoms with van der Waals surface area (Å²) in [5.41, 5.74) is 2.20. The Bertz CT molecular complexity index is 901. The van der Waals surface area contributed by atoms with Gasteiger partial charge in [-0.15, -0.1) is 0 Å². The minimum Gasteiger partial charge on any atom is -0.356 e. The molecule has 2 aliphatic heterocycles. The van der Waals surface area contributed by atoms with E-state index in [2.05, 4.69) is 24.9 Å². The van der Waals surface area contributed by atoms with Gasteiger partial charge in [0.05, 0.1) is 31.9 Å². The van der Waals surface area contributed by atoms with Gasteiger partial charge in [-0.1, -0.05) is 18.2 Å². The van der Waals surface area contributed by atoms with Crippen LogP contribution in [0, 0.1) is 0 Å². The summed E-state index contributed by atoms with van der Waals surface area (Å²) in [6, 6.07) is 8.17. The van der Waals surface area contributed by atoms with E-state index in [1.165, 1.54) is 15.8 Å². The van der Waals surface area contributed by atoms with Gasteiger partial charge in [-0.05, 0) is 38.8 Å². The van der Waals surface area contributed by atoms with Crippen LogP contribution in [-0.4, -0.2) is 65.9 Å². The maximum atomic E-state index is 13.6. The summed E-state index contributed by atoms with van der Waals surface area (Å²) < 4.78 is 0. The molecular weight excluding hydrogens is 352 g/mol. The number of carbonyl (C=O) groups is 2. The van der Waals surface area contributed by atoms with Gasteiger partial charge in [0.25, 0.3) is 5.91 Å². The SMILES string of the molecule is CC[NH+](CC)CCCN1CC(=O)N2CCc3c([nH]c4ccccc34)[C@]2(C)C1=O. The molecule has 1 fully saturated rings. The number of rotatable bonds is 6. The van der Waals surface area contributed by atoms with Gasteiger partial charge >= 0.3 is 0 Å². The van der Waals surface area contributed by atoms with E-state index in [0.717, 1.165) is 43.7 Å². The Morgan fingerprint density at radius 3 is 2.68 bits per heavy atom. The molecule has 2 aromatic rings. The van der Waals surface area contributed by atoms with Crippen molar-refractivity contribution in [3.63, 3.8) is 0 Å². The van der Waals surface area contributed by atoms with E-state index < -0.39 is 5.54 Å². The van der Waals surface area contributed by atoms with Gasteiger partial charge in [-0.3, -0.25) is 9.59 Å². The zero-order valence-corrected chi connectivity index (χ0v) is 17.2. The van der Waals surface area contributed by atoms with Crippen LogP contribution in [0.1, 0.15) is 38.4 Å². The predicted octanol–water partition coefficient (Wildman–Crippen LogP) is 0.925. The quantitative estimate of drug-likeness (QED) is 0.780. The van der Waals surface area contributed by atoms with Gasteiger partial charge in [0.2, 0.25) is 5.91 Å². The number of aromatic amines is 1. The summed E-state index contributed by atoms with van der Waals surface area (Å²) in [6.45, 7) is 11.0. The Kier molecular flexibility index (Phi) is 4.91. The number of hydrogen-bond donors (Lipinski definition) is 2. The molecule has 4 rings (SSSR count). The number of nitrogens with zero attached hydrogens (tertiary/aromatic N) is 2. The van der Waals surface area contributed by atoms with Crippen molar-refractivity contribution in [1.29, 1.82) is 0 Å². The summed E-state index contributed by atoms with van der Waals surface area (Å²) in [5.74, 6) is 0.107. The summed E-state index contributed by atoms with van der Waals surface area (Å²) in [6.07, 6.45) is 1.71. The van der Waals surface area contributed by atoms with E-state index in [0.29, 0.717) is 13.1 Å². The fourth-order valence-corrected chi connectivity index (χ4v) is 4.99. The second kappa shape index (κ2) is 7.24. The van der Waals surface area contributed by atoms with Gasteiger partial charge in [0.15, 0.2) is 5.54 Å². The number of nitrogens with one attached hydrogen (secondary N) is 2. The van der Waals surface area contributed by atoms with Crippen LogP contribution in [-0.2, 0) is 21.5 Å². The summed E-state index contributed by atoms with van der Waals surface area (Å²) in [7, 11) is 0. The average Bonchev–Trinajstić information content (AvgIpc) is 3.09. The number of fused-ring (bicyclic) bond motifs is 5. The highest BCUT2D eigenvalue weighted by atomic mass is 16.2. The van der Waals surface area contributed by atoms with Gasteiger partial charge in [0, 0.05) is 30.4 Å². The summed E-state index contributed by atoms with van der Waals surface area (Å²) in [4.78, 5) is 35.1. The molecule has 0 radical (unpaired) electrons. The Hall–Kier alpha value is -2.34. The molecule has 6 heteroatoms. The van der Waals surface area contributed by atoms with Crippen molar-refractivity contribution in [3.05, 3.63) is 35.5 Å². The maximum Gasteiger partial charge on any atom is 0.254 e. The van der Waals surface area contributed by atoms with Gasteiger partial charge < -0.3 is 19.7 Å². The van der Waals surface area contributed by atoms with Crippen molar-refractivity contribution >= 4 is 22.7 Å². The Labute approximate surface area is 166 Å². The Morgan fingerprint density at radius 2 is 1.93 bits per heavy atom. The van der Waals surface area contributed by atoms with E-state index in [9.17, 15) is 9.59 Å². The first-order valence-corrected chi connectivity index (χ1v) is 10.5. The predicted molar refractivity (Wildman–Crippen MR) is 109 cm³/mol. The lowest BCUT2D eigenvalue weighted by atomic mass is 9.83. The normalized spacial score (nSPS) is 22.1. The second-order valence-electron chi connectivity index (χ2n) is 8.18. The van der Waals surface area contributed by atoms with Crippen molar-refractivity contribution in [2.45, 2.75) is 39.2 Å². The average molecular weight is 384 g/mol. The molecule has 1 aromatic heterocycles. The van der Waals surface area contributed by atoms with Crippen molar-refractivity contribution in [2.75, 3.05) is 39.3 Å². The summed E-state index contributed by atoms with van der Waals surface area (Å²) >= 11 is 0. The summed E-state index contributed by atoms with van der Waals surface area (Å²) in [5, 5.41) is 1.17. The largest absolute Gasteiger partial charge is 0.356 e. The highest BCUT2D eigenvalue weighted by molar-refractivity contribution is 6.00. The lowest BCUT2D eigenvalue weighted by Crippen LogP contribution is -3.11. The molecule has 1 saturated heterocycles. The zero-order chi connectivity index (χ0) is 19.9. The number of carbonyl (C=O) groups excluding carboxylic acids is 2. The second-order valence-corrected chi connectivity index (χ2v) is 8.18. The highest BCUT2D eigenvalue weighted by Crippen LogP contribution is 2.41. The Balaban J connectivity index is 1.64. The van der Waals surface area contributed by atoms with E-state index >= 15 is 0 Å². The third-order valence-corrected chi connectivity index (χ3v) is 6.71. The minimum absolute atomic E-state index is 0.0501. The molecule has 6 nitrogen and oxygen atoms in total. The molecule has 2 N–H and O–H groups in total. The van der Waals surface area contributed by atoms with Gasteiger partial charge in [-0.2, -0.15) is 0 Å². The smallest absolute Gasteiger partial charge is 0.254 e. The van der Waals surface area contributed by atoms with Crippen LogP contribution in [0.5, 0.6) is 0 Å². The topological polar surface area (TPSA) is 60.9 Å². The molecule has 0 saturated carbocycles. The molecule has 2 amide bonds. The lowest BCUT2D eigenvalue weighted by Gasteiger charge is -2.49. The van der Waals surface area contributed by atoms with Crippen molar-refractivity contribution in [2.24, 2.45) is 0 Å². The number of quaternary nitrogens is 1. The molecule has 2 aliphatic rings. The molecule has 0 bridgehead atoms. The third kappa shape index (κ3) is 2.82. The molecular formula is C22H31N4O2+. The minimum atomic E-state index is -0.927. The van der Waals surface area contributed by atoms with Crippen LogP contribution in [0.3, 0.4) is 0 Å². The van der Waals surface area contributed by atoms with Crippen LogP contribution in [0.25, 0.3) is 10.9 Å². The number of hydrogen-bond acceptors (Lipinski definition) is 2. The first-order valence-electron chi connectivity index (χ1n) is 10.5. The highest BCUT2D eigenvalue weighted by Gasteiger charge is 2.53. The van der Waals surface area contributed by atoms with E-state index in [1.54, 1.807) is 9.80 Å². The zero-order valence-electron chi connectivity index (χ0n) is 17.2. The van der Waals surface area contributed by atoms with Crippen molar-refractivity contribution in [1.82, 2.24) is 14.8 Å². The van der Waals surface area contributed by atoms with Gasteiger partial charge in [0.1, 0.15) is 0 Å². The van der Waals surface area contributed by atoms with E-state index in [4.69, 9.17) is 0 Å². The standard InChI is InChI=1S/C22H30N4O2/c1-4-24(5-2)12-8-13-25-15-19(27)26-14-11-17-16-9-6-7-10-18(16)23-20(17)22(26,3)21(25)28/h6-7,9-10,23H,4-5,8,11-15H2,1-3H3/p+1/t22-/m1/s1. The Morgan fingerprint density at radius 1 is 1.18 bits per heavy atom. The lowest BCUT2D eigenvalue weighted by molar-refractivity contribution is -0.896. The van der Waals surface area contributed by atoms with E-state index in [1.807, 2.05) is 25.1 Å². The number of piperazine rings is 1. The molecule has 28 heavy (non-hydrogen) atoms. The third-order valence-electron chi connectivity index (χ3n) is 6.71. The van der Waals surface area contributed by atoms with Crippen LogP contribution in [0.15, 0.2) is 24.3 Å². The molecule has 0 spiro atoms. The maximum absolute atomic E-state index is 13.6. The van der Waals surface area contributed by atoms with Crippen LogP contribution < -0.4 is 4.90 Å². The van der Waals surface area contributed by atoms with Crippen LogP contribution >= 0.6 is 0 Å². The molecule has 0 aliphatic carbocycles. The number of benzene rings is 1. The molecule has 3 heterocycles. The molecule has 0 unspecified atom stereocenters. The molecule has 1 aromatic carbocycles. The number of aromatic nitrogens is 1. The van der Waals surface area contributed by atoms with E-state index in [-0.39, 0.29) is 18.4 Å². The number of H-pyrrole nitrogens is 1.